The molecule has 0 atom stereocenters. The molecule has 0 aromatic heterocycles. The van der Waals surface area contributed by atoms with E-state index in [4.69, 9.17) is 9.47 Å². The number of amides is 1. The third-order valence-electron chi connectivity index (χ3n) is 3.67. The number of likely N-dealkylation sites (tertiary alicyclic amines) is 1. The normalized spacial score (nSPS) is 23.5. The fourth-order valence-corrected chi connectivity index (χ4v) is 2.80. The zero-order chi connectivity index (χ0) is 14.1. The summed E-state index contributed by atoms with van der Waals surface area (Å²) < 4.78 is 10.7. The molecule has 0 saturated carbocycles. The molecule has 0 bridgehead atoms. The van der Waals surface area contributed by atoms with Crippen LogP contribution in [0, 0.1) is 5.41 Å². The van der Waals surface area contributed by atoms with E-state index in [2.05, 4.69) is 0 Å². The van der Waals surface area contributed by atoms with E-state index in [1.165, 1.54) is 0 Å². The number of hydrogen-bond acceptors (Lipinski definition) is 4. The fraction of sp³-hybridized carbons (Fsp3) is 0.857. The largest absolute Gasteiger partial charge is 0.444 e. The van der Waals surface area contributed by atoms with E-state index >= 15 is 0 Å². The lowest BCUT2D eigenvalue weighted by Gasteiger charge is -2.44. The molecule has 2 aliphatic rings. The fourth-order valence-electron chi connectivity index (χ4n) is 2.80. The molecule has 0 unspecified atom stereocenters. The Labute approximate surface area is 114 Å². The van der Waals surface area contributed by atoms with Crippen molar-refractivity contribution in [3.63, 3.8) is 0 Å². The molecular formula is C14H23NO4. The topological polar surface area (TPSA) is 55.8 Å². The monoisotopic (exact) mass is 269 g/mol. The van der Waals surface area contributed by atoms with Crippen molar-refractivity contribution >= 4 is 11.9 Å². The molecule has 19 heavy (non-hydrogen) atoms. The van der Waals surface area contributed by atoms with Crippen LogP contribution in [0.15, 0.2) is 0 Å². The molecular weight excluding hydrogens is 246 g/mol. The lowest BCUT2D eigenvalue weighted by molar-refractivity contribution is -0.130. The van der Waals surface area contributed by atoms with E-state index in [1.54, 1.807) is 4.90 Å². The van der Waals surface area contributed by atoms with Gasteiger partial charge in [0.15, 0.2) is 5.78 Å². The van der Waals surface area contributed by atoms with Crippen molar-refractivity contribution in [2.24, 2.45) is 5.41 Å². The number of ether oxygens (including phenoxy) is 2. The van der Waals surface area contributed by atoms with Crippen molar-refractivity contribution in [1.29, 1.82) is 0 Å². The average Bonchev–Trinajstić information content (AvgIpc) is 2.26. The molecule has 2 aliphatic heterocycles. The zero-order valence-corrected chi connectivity index (χ0v) is 12.0. The maximum Gasteiger partial charge on any atom is 0.410 e. The summed E-state index contributed by atoms with van der Waals surface area (Å²) in [6.45, 7) is 7.64. The van der Waals surface area contributed by atoms with Crippen molar-refractivity contribution in [1.82, 2.24) is 4.90 Å². The van der Waals surface area contributed by atoms with Gasteiger partial charge in [0.05, 0.1) is 6.54 Å². The van der Waals surface area contributed by atoms with Crippen molar-refractivity contribution in [3.05, 3.63) is 0 Å². The van der Waals surface area contributed by atoms with Crippen molar-refractivity contribution in [3.8, 4) is 0 Å². The smallest absolute Gasteiger partial charge is 0.410 e. The van der Waals surface area contributed by atoms with Crippen LogP contribution in [0.25, 0.3) is 0 Å². The van der Waals surface area contributed by atoms with Gasteiger partial charge in [-0.15, -0.1) is 0 Å². The third kappa shape index (κ3) is 3.69. The van der Waals surface area contributed by atoms with Crippen LogP contribution >= 0.6 is 0 Å². The Balaban J connectivity index is 2.05. The molecule has 1 amide bonds. The molecule has 1 spiro atoms. The Kier molecular flexibility index (Phi) is 3.85. The Hall–Kier alpha value is -1.10. The highest BCUT2D eigenvalue weighted by molar-refractivity contribution is 5.86. The second kappa shape index (κ2) is 5.12. The number of carbonyl (C=O) groups excluding carboxylic acids is 2. The van der Waals surface area contributed by atoms with Gasteiger partial charge >= 0.3 is 6.09 Å². The maximum absolute atomic E-state index is 12.1. The SMILES string of the molecule is CC(C)(C)OC(=O)N1CC(=O)CC2(CCOCC2)C1. The first-order chi connectivity index (χ1) is 8.80. The third-order valence-corrected chi connectivity index (χ3v) is 3.67. The van der Waals surface area contributed by atoms with Crippen LogP contribution in [0.5, 0.6) is 0 Å². The summed E-state index contributed by atoms with van der Waals surface area (Å²) in [6.07, 6.45) is 1.87. The Morgan fingerprint density at radius 1 is 1.32 bits per heavy atom. The van der Waals surface area contributed by atoms with E-state index in [9.17, 15) is 9.59 Å². The van der Waals surface area contributed by atoms with Gasteiger partial charge in [0, 0.05) is 26.2 Å². The van der Waals surface area contributed by atoms with Crippen LogP contribution in [0.4, 0.5) is 4.79 Å². The molecule has 2 fully saturated rings. The van der Waals surface area contributed by atoms with E-state index < -0.39 is 5.60 Å². The highest BCUT2D eigenvalue weighted by Gasteiger charge is 2.42. The zero-order valence-electron chi connectivity index (χ0n) is 12.0. The van der Waals surface area contributed by atoms with Crippen molar-refractivity contribution < 1.29 is 19.1 Å². The van der Waals surface area contributed by atoms with Crippen molar-refractivity contribution in [2.45, 2.75) is 45.6 Å². The van der Waals surface area contributed by atoms with Gasteiger partial charge in [-0.3, -0.25) is 4.79 Å². The lowest BCUT2D eigenvalue weighted by atomic mass is 9.73. The standard InChI is InChI=1S/C14H23NO4/c1-13(2,3)19-12(17)15-9-11(16)8-14(10-15)4-6-18-7-5-14/h4-10H2,1-3H3. The highest BCUT2D eigenvalue weighted by atomic mass is 16.6. The molecule has 5 nitrogen and oxygen atoms in total. The minimum Gasteiger partial charge on any atom is -0.444 e. The van der Waals surface area contributed by atoms with Gasteiger partial charge in [0.1, 0.15) is 5.60 Å². The van der Waals surface area contributed by atoms with E-state index in [1.807, 2.05) is 20.8 Å². The van der Waals surface area contributed by atoms with Crippen LogP contribution in [0.2, 0.25) is 0 Å². The average molecular weight is 269 g/mol. The minimum atomic E-state index is -0.527. The van der Waals surface area contributed by atoms with E-state index in [-0.39, 0.29) is 23.8 Å². The van der Waals surface area contributed by atoms with Crippen LogP contribution in [0.3, 0.4) is 0 Å². The number of nitrogens with zero attached hydrogens (tertiary/aromatic N) is 1. The van der Waals surface area contributed by atoms with Gasteiger partial charge in [-0.05, 0) is 39.0 Å². The molecule has 5 heteroatoms. The summed E-state index contributed by atoms with van der Waals surface area (Å²) in [6, 6.07) is 0. The van der Waals surface area contributed by atoms with Crippen molar-refractivity contribution in [2.75, 3.05) is 26.3 Å². The second-order valence-electron chi connectivity index (χ2n) is 6.66. The van der Waals surface area contributed by atoms with Gasteiger partial charge in [0.25, 0.3) is 0 Å². The van der Waals surface area contributed by atoms with Gasteiger partial charge in [-0.25, -0.2) is 4.79 Å². The number of hydrogen-bond donors (Lipinski definition) is 0. The number of ketones is 1. The first kappa shape index (κ1) is 14.3. The molecule has 2 heterocycles. The van der Waals surface area contributed by atoms with E-state index in [0.29, 0.717) is 26.2 Å². The number of carbonyl (C=O) groups is 2. The molecule has 0 N–H and O–H groups in total. The molecule has 2 saturated heterocycles. The van der Waals surface area contributed by atoms with Gasteiger partial charge in [-0.2, -0.15) is 0 Å². The maximum atomic E-state index is 12.1. The minimum absolute atomic E-state index is 0.0928. The van der Waals surface area contributed by atoms with Crippen LogP contribution in [-0.4, -0.2) is 48.7 Å². The van der Waals surface area contributed by atoms with Gasteiger partial charge in [0.2, 0.25) is 0 Å². The quantitative estimate of drug-likeness (QED) is 0.675. The molecule has 0 aromatic rings. The van der Waals surface area contributed by atoms with Crippen LogP contribution in [0.1, 0.15) is 40.0 Å². The Morgan fingerprint density at radius 2 is 1.95 bits per heavy atom. The first-order valence-corrected chi connectivity index (χ1v) is 6.87. The molecule has 0 aliphatic carbocycles. The van der Waals surface area contributed by atoms with Gasteiger partial charge in [-0.1, -0.05) is 0 Å². The lowest BCUT2D eigenvalue weighted by Crippen LogP contribution is -2.53. The first-order valence-electron chi connectivity index (χ1n) is 6.87. The number of Topliss-reactive ketones (excluding diaryl/α,β-unsaturated/α-hetero) is 1. The summed E-state index contributed by atoms with van der Waals surface area (Å²) in [7, 11) is 0. The summed E-state index contributed by atoms with van der Waals surface area (Å²) in [5.41, 5.74) is -0.620. The highest BCUT2D eigenvalue weighted by Crippen LogP contribution is 2.38. The molecule has 0 aromatic carbocycles. The van der Waals surface area contributed by atoms with E-state index in [0.717, 1.165) is 12.8 Å². The Morgan fingerprint density at radius 3 is 2.53 bits per heavy atom. The summed E-state index contributed by atoms with van der Waals surface area (Å²) in [5.74, 6) is 0.124. The predicted molar refractivity (Wildman–Crippen MR) is 69.9 cm³/mol. The molecule has 108 valence electrons. The predicted octanol–water partition coefficient (Wildman–Crippen LogP) is 1.99. The van der Waals surface area contributed by atoms with Crippen LogP contribution in [-0.2, 0) is 14.3 Å². The number of piperidine rings is 1. The summed E-state index contributed by atoms with van der Waals surface area (Å²) in [4.78, 5) is 25.6. The van der Waals surface area contributed by atoms with Gasteiger partial charge < -0.3 is 14.4 Å². The summed E-state index contributed by atoms with van der Waals surface area (Å²) >= 11 is 0. The second-order valence-corrected chi connectivity index (χ2v) is 6.66. The Bertz CT molecular complexity index is 366. The molecule has 2 rings (SSSR count). The molecule has 0 radical (unpaired) electrons. The van der Waals surface area contributed by atoms with Crippen LogP contribution < -0.4 is 0 Å². The summed E-state index contributed by atoms with van der Waals surface area (Å²) in [5, 5.41) is 0. The number of rotatable bonds is 0.